The maximum Gasteiger partial charge on any atom is 0.407 e. The molecule has 0 rings (SSSR count). The summed E-state index contributed by atoms with van der Waals surface area (Å²) in [5, 5.41) is 22.2. The number of carboxylic acid groups (broad SMARTS) is 1. The number of hydrogen-bond acceptors (Lipinski definition) is 4. The average molecular weight is 331 g/mol. The van der Waals surface area contributed by atoms with Gasteiger partial charge in [0.15, 0.2) is 0 Å². The topological polar surface area (TPSA) is 95.9 Å². The van der Waals surface area contributed by atoms with Gasteiger partial charge in [0, 0.05) is 6.54 Å². The molecule has 1 atom stereocenters. The molecule has 0 heterocycles. The fraction of sp³-hybridized carbons (Fsp3) is 0.882. The van der Waals surface area contributed by atoms with Crippen LogP contribution in [0.4, 0.5) is 4.79 Å². The molecule has 3 N–H and O–H groups in total. The third-order valence-corrected chi connectivity index (χ3v) is 3.44. The number of nitrogens with one attached hydrogen (secondary N) is 1. The molecule has 0 spiro atoms. The van der Waals surface area contributed by atoms with Crippen LogP contribution in [-0.4, -0.2) is 40.0 Å². The number of aliphatic carboxylic acids is 1. The van der Waals surface area contributed by atoms with E-state index in [1.54, 1.807) is 34.6 Å². The van der Waals surface area contributed by atoms with Gasteiger partial charge >= 0.3 is 12.1 Å². The van der Waals surface area contributed by atoms with Crippen molar-refractivity contribution in [3.8, 4) is 0 Å². The minimum atomic E-state index is -1.12. The third-order valence-electron chi connectivity index (χ3n) is 3.44. The number of alkyl carbamates (subject to hydrolysis) is 1. The van der Waals surface area contributed by atoms with E-state index in [9.17, 15) is 19.8 Å². The van der Waals surface area contributed by atoms with Crippen LogP contribution in [-0.2, 0) is 9.53 Å². The summed E-state index contributed by atoms with van der Waals surface area (Å²) < 4.78 is 5.17. The Hall–Kier alpha value is -1.30. The molecule has 0 aliphatic carbocycles. The van der Waals surface area contributed by atoms with Crippen molar-refractivity contribution < 1.29 is 24.5 Å². The highest BCUT2D eigenvalue weighted by Crippen LogP contribution is 2.34. The molecule has 1 amide bonds. The first kappa shape index (κ1) is 21.7. The van der Waals surface area contributed by atoms with E-state index >= 15 is 0 Å². The number of amides is 1. The predicted molar refractivity (Wildman–Crippen MR) is 89.3 cm³/mol. The lowest BCUT2D eigenvalue weighted by molar-refractivity contribution is -0.151. The number of carboxylic acids is 1. The Kier molecular flexibility index (Phi) is 7.54. The fourth-order valence-electron chi connectivity index (χ4n) is 2.41. The van der Waals surface area contributed by atoms with Crippen LogP contribution in [0, 0.1) is 11.3 Å². The maximum absolute atomic E-state index is 11.9. The molecule has 0 aromatic heterocycles. The minimum Gasteiger partial charge on any atom is -0.481 e. The quantitative estimate of drug-likeness (QED) is 0.635. The van der Waals surface area contributed by atoms with E-state index in [2.05, 4.69) is 5.32 Å². The van der Waals surface area contributed by atoms with E-state index in [0.29, 0.717) is 12.8 Å². The highest BCUT2D eigenvalue weighted by atomic mass is 16.6. The first-order valence-corrected chi connectivity index (χ1v) is 8.09. The summed E-state index contributed by atoms with van der Waals surface area (Å²) in [6.45, 7) is 12.4. The number of rotatable bonds is 8. The maximum atomic E-state index is 11.9. The molecule has 0 aliphatic rings. The minimum absolute atomic E-state index is 0.0223. The van der Waals surface area contributed by atoms with Gasteiger partial charge in [0.25, 0.3) is 0 Å². The Morgan fingerprint density at radius 1 is 1.09 bits per heavy atom. The van der Waals surface area contributed by atoms with E-state index in [1.165, 1.54) is 0 Å². The Morgan fingerprint density at radius 2 is 1.61 bits per heavy atom. The predicted octanol–water partition coefficient (Wildman–Crippen LogP) is 3.18. The van der Waals surface area contributed by atoms with Crippen molar-refractivity contribution in [2.24, 2.45) is 11.3 Å². The molecule has 6 nitrogen and oxygen atoms in total. The summed E-state index contributed by atoms with van der Waals surface area (Å²) in [6, 6.07) is 0. The zero-order valence-corrected chi connectivity index (χ0v) is 15.5. The lowest BCUT2D eigenvalue weighted by Crippen LogP contribution is -2.46. The third kappa shape index (κ3) is 9.43. The molecule has 0 aliphatic heterocycles. The number of ether oxygens (including phenoxy) is 1. The fourth-order valence-corrected chi connectivity index (χ4v) is 2.41. The monoisotopic (exact) mass is 331 g/mol. The zero-order chi connectivity index (χ0) is 18.5. The standard InChI is InChI=1S/C17H33NO5/c1-12(2)10-17(13(19)20,9-8-16(6,7)22)11-18-14(21)23-15(3,4)5/h12,22H,8-11H2,1-7H3,(H,18,21)(H,19,20). The number of aliphatic hydroxyl groups is 1. The van der Waals surface area contributed by atoms with Gasteiger partial charge in [0.05, 0.1) is 11.0 Å². The van der Waals surface area contributed by atoms with Gasteiger partial charge in [0.2, 0.25) is 0 Å². The first-order chi connectivity index (χ1) is 10.2. The summed E-state index contributed by atoms with van der Waals surface area (Å²) in [7, 11) is 0. The van der Waals surface area contributed by atoms with Crippen LogP contribution in [0.15, 0.2) is 0 Å². The molecule has 6 heteroatoms. The normalized spacial score (nSPS) is 15.2. The Balaban J connectivity index is 5.09. The van der Waals surface area contributed by atoms with Gasteiger partial charge in [-0.05, 0) is 59.8 Å². The number of hydrogen-bond donors (Lipinski definition) is 3. The van der Waals surface area contributed by atoms with Crippen LogP contribution in [0.25, 0.3) is 0 Å². The van der Waals surface area contributed by atoms with Crippen molar-refractivity contribution in [1.29, 1.82) is 0 Å². The Bertz CT molecular complexity index is 406. The summed E-state index contributed by atoms with van der Waals surface area (Å²) in [6.07, 6.45) is 0.394. The molecular formula is C17H33NO5. The molecule has 136 valence electrons. The summed E-state index contributed by atoms with van der Waals surface area (Å²) in [5.74, 6) is -0.820. The van der Waals surface area contributed by atoms with Crippen molar-refractivity contribution in [3.05, 3.63) is 0 Å². The van der Waals surface area contributed by atoms with Crippen LogP contribution < -0.4 is 5.32 Å². The van der Waals surface area contributed by atoms with Gasteiger partial charge < -0.3 is 20.3 Å². The first-order valence-electron chi connectivity index (χ1n) is 8.09. The summed E-state index contributed by atoms with van der Waals surface area (Å²) in [4.78, 5) is 23.7. The molecule has 0 radical (unpaired) electrons. The van der Waals surface area contributed by atoms with Gasteiger partial charge in [-0.15, -0.1) is 0 Å². The second-order valence-corrected chi connectivity index (χ2v) is 8.35. The SMILES string of the molecule is CC(C)CC(CCC(C)(C)O)(CNC(=O)OC(C)(C)C)C(=O)O. The van der Waals surface area contributed by atoms with Gasteiger partial charge in [-0.1, -0.05) is 13.8 Å². The largest absolute Gasteiger partial charge is 0.481 e. The Morgan fingerprint density at radius 3 is 1.96 bits per heavy atom. The molecule has 0 saturated carbocycles. The molecule has 23 heavy (non-hydrogen) atoms. The molecule has 0 aromatic carbocycles. The van der Waals surface area contributed by atoms with Crippen LogP contribution in [0.2, 0.25) is 0 Å². The van der Waals surface area contributed by atoms with Crippen molar-refractivity contribution in [2.45, 2.75) is 78.9 Å². The molecule has 1 unspecified atom stereocenters. The lowest BCUT2D eigenvalue weighted by Gasteiger charge is -2.33. The average Bonchev–Trinajstić information content (AvgIpc) is 2.28. The van der Waals surface area contributed by atoms with Crippen molar-refractivity contribution in [2.75, 3.05) is 6.54 Å². The van der Waals surface area contributed by atoms with Gasteiger partial charge in [0.1, 0.15) is 5.60 Å². The van der Waals surface area contributed by atoms with Crippen LogP contribution in [0.3, 0.4) is 0 Å². The van der Waals surface area contributed by atoms with Crippen molar-refractivity contribution in [1.82, 2.24) is 5.32 Å². The van der Waals surface area contributed by atoms with E-state index < -0.39 is 28.7 Å². The summed E-state index contributed by atoms with van der Waals surface area (Å²) in [5.41, 5.74) is -2.71. The van der Waals surface area contributed by atoms with Gasteiger partial charge in [-0.3, -0.25) is 4.79 Å². The lowest BCUT2D eigenvalue weighted by atomic mass is 9.74. The van der Waals surface area contributed by atoms with Crippen LogP contribution in [0.5, 0.6) is 0 Å². The highest BCUT2D eigenvalue weighted by Gasteiger charge is 2.40. The smallest absolute Gasteiger partial charge is 0.407 e. The van der Waals surface area contributed by atoms with Gasteiger partial charge in [-0.2, -0.15) is 0 Å². The van der Waals surface area contributed by atoms with E-state index in [-0.39, 0.29) is 18.9 Å². The zero-order valence-electron chi connectivity index (χ0n) is 15.5. The van der Waals surface area contributed by atoms with Crippen molar-refractivity contribution in [3.63, 3.8) is 0 Å². The van der Waals surface area contributed by atoms with Crippen LogP contribution in [0.1, 0.15) is 67.7 Å². The highest BCUT2D eigenvalue weighted by molar-refractivity contribution is 5.76. The second kappa shape index (κ2) is 7.99. The summed E-state index contributed by atoms with van der Waals surface area (Å²) >= 11 is 0. The molecular weight excluding hydrogens is 298 g/mol. The molecule has 0 saturated heterocycles. The molecule has 0 fully saturated rings. The van der Waals surface area contributed by atoms with E-state index in [1.807, 2.05) is 13.8 Å². The second-order valence-electron chi connectivity index (χ2n) is 8.35. The van der Waals surface area contributed by atoms with Crippen molar-refractivity contribution >= 4 is 12.1 Å². The van der Waals surface area contributed by atoms with E-state index in [0.717, 1.165) is 0 Å². The number of carbonyl (C=O) groups excluding carboxylic acids is 1. The molecule has 0 aromatic rings. The van der Waals surface area contributed by atoms with Gasteiger partial charge in [-0.25, -0.2) is 4.79 Å². The Labute approximate surface area is 139 Å². The number of carbonyl (C=O) groups is 2. The van der Waals surface area contributed by atoms with Crippen LogP contribution >= 0.6 is 0 Å². The van der Waals surface area contributed by atoms with E-state index in [4.69, 9.17) is 4.74 Å². The molecule has 0 bridgehead atoms.